The summed E-state index contributed by atoms with van der Waals surface area (Å²) in [6.45, 7) is 16.8. The first-order valence-electron chi connectivity index (χ1n) is 15.3. The molecule has 0 bridgehead atoms. The Morgan fingerprint density at radius 3 is 1.73 bits per heavy atom. The summed E-state index contributed by atoms with van der Waals surface area (Å²) in [5.74, 6) is 1.54. The number of rotatable bonds is 5. The smallest absolute Gasteiger partial charge is 0.252 e. The van der Waals surface area contributed by atoms with E-state index in [1.54, 1.807) is 6.07 Å². The van der Waals surface area contributed by atoms with Gasteiger partial charge in [-0.3, -0.25) is 19.3 Å². The maximum Gasteiger partial charge on any atom is 0.252 e. The Morgan fingerprint density at radius 1 is 0.689 bits per heavy atom. The highest BCUT2D eigenvalue weighted by molar-refractivity contribution is 5.77. The van der Waals surface area contributed by atoms with Crippen molar-refractivity contribution < 1.29 is 4.79 Å². The zero-order valence-electron chi connectivity index (χ0n) is 26.7. The van der Waals surface area contributed by atoms with E-state index in [-0.39, 0.29) is 11.1 Å². The molecule has 2 aliphatic rings. The zero-order chi connectivity index (χ0) is 32.2. The van der Waals surface area contributed by atoms with Crippen LogP contribution in [0.15, 0.2) is 70.8 Å². The number of aromatic nitrogens is 4. The molecule has 4 heterocycles. The first-order chi connectivity index (χ1) is 21.7. The number of H-pyrrole nitrogens is 2. The second kappa shape index (κ2) is 16.5. The lowest BCUT2D eigenvalue weighted by atomic mass is 10.1. The maximum absolute atomic E-state index is 11.4. The Kier molecular flexibility index (Phi) is 12.2. The van der Waals surface area contributed by atoms with Crippen molar-refractivity contribution >= 4 is 17.9 Å². The van der Waals surface area contributed by atoms with Crippen LogP contribution >= 0.6 is 0 Å². The number of carbonyl (C=O) groups is 1. The molecule has 0 aliphatic carbocycles. The Hall–Kier alpha value is -4.61. The third-order valence-corrected chi connectivity index (χ3v) is 7.91. The second-order valence-corrected chi connectivity index (χ2v) is 11.4. The number of benzene rings is 2. The van der Waals surface area contributed by atoms with Crippen LogP contribution in [-0.4, -0.2) is 83.5 Å². The minimum Gasteiger partial charge on any atom is -0.354 e. The molecular weight excluding hydrogens is 568 g/mol. The predicted octanol–water partition coefficient (Wildman–Crippen LogP) is 3.00. The number of hydrogen-bond donors (Lipinski definition) is 3. The van der Waals surface area contributed by atoms with E-state index in [2.05, 4.69) is 72.0 Å². The van der Waals surface area contributed by atoms with Crippen LogP contribution < -0.4 is 26.2 Å². The van der Waals surface area contributed by atoms with Crippen LogP contribution in [0.1, 0.15) is 38.2 Å². The topological polar surface area (TPSA) is 130 Å². The fourth-order valence-corrected chi connectivity index (χ4v) is 5.31. The number of piperazine rings is 2. The molecule has 0 radical (unpaired) electrons. The zero-order valence-corrected chi connectivity index (χ0v) is 26.7. The van der Waals surface area contributed by atoms with Crippen molar-refractivity contribution in [3.8, 4) is 0 Å². The van der Waals surface area contributed by atoms with Crippen molar-refractivity contribution in [3.63, 3.8) is 0 Å². The number of anilines is 2. The van der Waals surface area contributed by atoms with Crippen LogP contribution in [0.4, 0.5) is 11.6 Å². The fourth-order valence-electron chi connectivity index (χ4n) is 5.31. The summed E-state index contributed by atoms with van der Waals surface area (Å²) in [5, 5.41) is 3.24. The highest BCUT2D eigenvalue weighted by atomic mass is 16.1. The van der Waals surface area contributed by atoms with Crippen LogP contribution in [-0.2, 0) is 6.54 Å². The minimum absolute atomic E-state index is 0.0940. The van der Waals surface area contributed by atoms with E-state index in [1.165, 1.54) is 41.0 Å². The van der Waals surface area contributed by atoms with Crippen LogP contribution in [0, 0.1) is 27.7 Å². The Bertz CT molecular complexity index is 1650. The molecule has 0 saturated carbocycles. The number of aryl methyl sites for hydroxylation is 4. The molecule has 11 nitrogen and oxygen atoms in total. The summed E-state index contributed by atoms with van der Waals surface area (Å²) < 4.78 is 0. The molecular formula is C34H44N8O3. The van der Waals surface area contributed by atoms with Crippen molar-refractivity contribution in [3.05, 3.63) is 115 Å². The molecule has 0 atom stereocenters. The summed E-state index contributed by atoms with van der Waals surface area (Å²) in [4.78, 5) is 52.9. The molecule has 45 heavy (non-hydrogen) atoms. The number of nitrogens with one attached hydrogen (secondary N) is 3. The third-order valence-electron chi connectivity index (χ3n) is 7.91. The van der Waals surface area contributed by atoms with E-state index in [4.69, 9.17) is 0 Å². The summed E-state index contributed by atoms with van der Waals surface area (Å²) in [6.07, 6.45) is 3.80. The molecule has 2 aliphatic heterocycles. The standard InChI is InChI=1S/C17H22N4O.C9H10O.C8H12N4O/c1-13-3-4-15(14(2)9-13)11-20-5-7-21(8-6-20)16-10-17(22)19-12-18-16;1-7-3-4-9(6-10)8(2)5-7;13-8-5-7(10-6-11-8)12-3-1-9-2-4-12/h3-4,9-10,12H,5-8,11H2,1-2H3,(H,18,19,22);3-6H,1-2H3;5-6,9H,1-4H2,(H,10,11,13). The van der Waals surface area contributed by atoms with Gasteiger partial charge >= 0.3 is 0 Å². The number of aromatic amines is 2. The van der Waals surface area contributed by atoms with Gasteiger partial charge in [0.2, 0.25) is 0 Å². The van der Waals surface area contributed by atoms with Crippen LogP contribution in [0.25, 0.3) is 0 Å². The molecule has 11 heteroatoms. The number of hydrogen-bond acceptors (Lipinski definition) is 9. The largest absolute Gasteiger partial charge is 0.354 e. The van der Waals surface area contributed by atoms with Gasteiger partial charge in [0, 0.05) is 76.6 Å². The Balaban J connectivity index is 0.000000170. The molecule has 4 aromatic rings. The second-order valence-electron chi connectivity index (χ2n) is 11.4. The van der Waals surface area contributed by atoms with Crippen molar-refractivity contribution in [2.24, 2.45) is 0 Å². The van der Waals surface area contributed by atoms with Crippen molar-refractivity contribution in [1.82, 2.24) is 30.2 Å². The number of nitrogens with zero attached hydrogens (tertiary/aromatic N) is 5. The van der Waals surface area contributed by atoms with Gasteiger partial charge in [0.25, 0.3) is 11.1 Å². The van der Waals surface area contributed by atoms with E-state index in [0.29, 0.717) is 0 Å². The quantitative estimate of drug-likeness (QED) is 0.291. The lowest BCUT2D eigenvalue weighted by molar-refractivity contribution is 0.112. The number of carbonyl (C=O) groups excluding carboxylic acids is 1. The SMILES string of the molecule is Cc1ccc(C=O)c(C)c1.Cc1ccc(CN2CCN(c3cc(=O)[nH]cn3)CC2)c(C)c1.O=c1cc(N2CCNCC2)nc[nH]1. The van der Waals surface area contributed by atoms with Gasteiger partial charge in [0.1, 0.15) is 17.9 Å². The summed E-state index contributed by atoms with van der Waals surface area (Å²) in [6, 6.07) is 15.5. The first kappa shape index (κ1) is 33.3. The molecule has 0 amide bonds. The van der Waals surface area contributed by atoms with Crippen LogP contribution in [0.2, 0.25) is 0 Å². The highest BCUT2D eigenvalue weighted by Gasteiger charge is 2.19. The molecule has 0 unspecified atom stereocenters. The summed E-state index contributed by atoms with van der Waals surface area (Å²) in [5.41, 5.74) is 6.91. The minimum atomic E-state index is -0.0947. The van der Waals surface area contributed by atoms with Gasteiger partial charge in [-0.05, 0) is 44.4 Å². The molecule has 2 fully saturated rings. The lowest BCUT2D eigenvalue weighted by Crippen LogP contribution is -2.46. The molecule has 6 rings (SSSR count). The van der Waals surface area contributed by atoms with E-state index in [9.17, 15) is 14.4 Å². The molecule has 2 aromatic heterocycles. The van der Waals surface area contributed by atoms with Gasteiger partial charge in [-0.2, -0.15) is 0 Å². The van der Waals surface area contributed by atoms with Gasteiger partial charge in [-0.15, -0.1) is 0 Å². The van der Waals surface area contributed by atoms with Gasteiger partial charge in [0.05, 0.1) is 12.7 Å². The van der Waals surface area contributed by atoms with Crippen molar-refractivity contribution in [2.75, 3.05) is 62.2 Å². The van der Waals surface area contributed by atoms with Crippen LogP contribution in [0.3, 0.4) is 0 Å². The normalized spacial score (nSPS) is 14.9. The molecule has 2 aromatic carbocycles. The van der Waals surface area contributed by atoms with Gasteiger partial charge in [-0.25, -0.2) is 9.97 Å². The molecule has 238 valence electrons. The molecule has 0 spiro atoms. The molecule has 3 N–H and O–H groups in total. The average molecular weight is 613 g/mol. The Morgan fingerprint density at radius 2 is 1.22 bits per heavy atom. The fraction of sp³-hybridized carbons (Fsp3) is 0.382. The van der Waals surface area contributed by atoms with Gasteiger partial charge in [0.15, 0.2) is 0 Å². The average Bonchev–Trinajstić information content (AvgIpc) is 3.04. The Labute approximate surface area is 264 Å². The van der Waals surface area contributed by atoms with E-state index in [0.717, 1.165) is 88.0 Å². The van der Waals surface area contributed by atoms with Gasteiger partial charge < -0.3 is 25.1 Å². The summed E-state index contributed by atoms with van der Waals surface area (Å²) in [7, 11) is 0. The first-order valence-corrected chi connectivity index (χ1v) is 15.3. The van der Waals surface area contributed by atoms with E-state index < -0.39 is 0 Å². The van der Waals surface area contributed by atoms with Crippen molar-refractivity contribution in [2.45, 2.75) is 34.2 Å². The maximum atomic E-state index is 11.4. The van der Waals surface area contributed by atoms with E-state index in [1.807, 2.05) is 32.0 Å². The van der Waals surface area contributed by atoms with Gasteiger partial charge in [-0.1, -0.05) is 47.5 Å². The third kappa shape index (κ3) is 10.2. The van der Waals surface area contributed by atoms with E-state index >= 15 is 0 Å². The predicted molar refractivity (Wildman–Crippen MR) is 180 cm³/mol. The highest BCUT2D eigenvalue weighted by Crippen LogP contribution is 2.16. The van der Waals surface area contributed by atoms with Crippen LogP contribution in [0.5, 0.6) is 0 Å². The number of aldehydes is 1. The monoisotopic (exact) mass is 612 g/mol. The lowest BCUT2D eigenvalue weighted by Gasteiger charge is -2.35. The molecule has 2 saturated heterocycles. The van der Waals surface area contributed by atoms with Crippen molar-refractivity contribution in [1.29, 1.82) is 0 Å². The summed E-state index contributed by atoms with van der Waals surface area (Å²) >= 11 is 0.